The van der Waals surface area contributed by atoms with Crippen molar-refractivity contribution in [2.24, 2.45) is 11.3 Å². The van der Waals surface area contributed by atoms with Crippen LogP contribution in [0.15, 0.2) is 0 Å². The van der Waals surface area contributed by atoms with Crippen molar-refractivity contribution >= 4 is 15.9 Å². The summed E-state index contributed by atoms with van der Waals surface area (Å²) in [6.07, 6.45) is 7.65. The monoisotopic (exact) mass is 302 g/mol. The Kier molecular flexibility index (Phi) is 3.29. The van der Waals surface area contributed by atoms with E-state index < -0.39 is 0 Å². The quantitative estimate of drug-likeness (QED) is 0.690. The van der Waals surface area contributed by atoms with Crippen molar-refractivity contribution in [2.75, 3.05) is 19.8 Å². The van der Waals surface area contributed by atoms with E-state index in [2.05, 4.69) is 22.9 Å². The van der Waals surface area contributed by atoms with Gasteiger partial charge < -0.3 is 9.47 Å². The van der Waals surface area contributed by atoms with Gasteiger partial charge in [0.1, 0.15) is 0 Å². The van der Waals surface area contributed by atoms with Crippen LogP contribution in [0, 0.1) is 11.3 Å². The summed E-state index contributed by atoms with van der Waals surface area (Å²) < 4.78 is 11.6. The number of rotatable bonds is 1. The fourth-order valence-corrected chi connectivity index (χ4v) is 5.02. The van der Waals surface area contributed by atoms with Gasteiger partial charge in [0.15, 0.2) is 0 Å². The molecule has 1 aliphatic carbocycles. The second kappa shape index (κ2) is 4.50. The fraction of sp³-hybridized carbons (Fsp3) is 1.00. The highest BCUT2D eigenvalue weighted by Crippen LogP contribution is 2.52. The molecule has 3 aliphatic rings. The molecule has 0 radical (unpaired) electrons. The summed E-state index contributed by atoms with van der Waals surface area (Å²) >= 11 is 3.80. The number of ether oxygens (including phenoxy) is 2. The van der Waals surface area contributed by atoms with Crippen LogP contribution in [0.3, 0.4) is 0 Å². The van der Waals surface area contributed by atoms with E-state index in [0.717, 1.165) is 37.0 Å². The smallest absolute Gasteiger partial charge is 0.0939 e. The van der Waals surface area contributed by atoms with Crippen LogP contribution in [0.5, 0.6) is 0 Å². The topological polar surface area (TPSA) is 18.5 Å². The van der Waals surface area contributed by atoms with Gasteiger partial charge in [0.05, 0.1) is 12.2 Å². The molecule has 0 aromatic heterocycles. The predicted molar refractivity (Wildman–Crippen MR) is 71.5 cm³/mol. The van der Waals surface area contributed by atoms with E-state index in [0.29, 0.717) is 5.41 Å². The average Bonchev–Trinajstić information content (AvgIpc) is 2.88. The first-order chi connectivity index (χ1) is 8.12. The van der Waals surface area contributed by atoms with Gasteiger partial charge in [-0.25, -0.2) is 0 Å². The van der Waals surface area contributed by atoms with E-state index in [1.54, 1.807) is 0 Å². The molecule has 3 fully saturated rings. The third kappa shape index (κ3) is 2.31. The second-order valence-electron chi connectivity index (χ2n) is 6.52. The molecule has 3 heteroatoms. The summed E-state index contributed by atoms with van der Waals surface area (Å²) in [7, 11) is 0. The molecule has 17 heavy (non-hydrogen) atoms. The average molecular weight is 303 g/mol. The molecule has 0 N–H and O–H groups in total. The summed E-state index contributed by atoms with van der Waals surface area (Å²) in [5, 5.41) is 0. The molecule has 4 unspecified atom stereocenters. The molecule has 2 saturated heterocycles. The first-order valence-electron chi connectivity index (χ1n) is 6.98. The molecule has 0 aromatic rings. The highest BCUT2D eigenvalue weighted by atomic mass is 79.9. The zero-order valence-electron chi connectivity index (χ0n) is 10.7. The molecule has 0 aromatic carbocycles. The minimum absolute atomic E-state index is 0.0797. The molecular weight excluding hydrogens is 280 g/mol. The van der Waals surface area contributed by atoms with Gasteiger partial charge in [-0.05, 0) is 43.4 Å². The van der Waals surface area contributed by atoms with Gasteiger partial charge in [-0.3, -0.25) is 0 Å². The Morgan fingerprint density at radius 1 is 1.12 bits per heavy atom. The summed E-state index contributed by atoms with van der Waals surface area (Å²) in [5.74, 6) is 0.834. The molecule has 1 spiro atoms. The van der Waals surface area contributed by atoms with Crippen molar-refractivity contribution in [2.45, 2.75) is 55.9 Å². The van der Waals surface area contributed by atoms with E-state index >= 15 is 0 Å². The largest absolute Gasteiger partial charge is 0.378 e. The van der Waals surface area contributed by atoms with Crippen LogP contribution in [0.2, 0.25) is 0 Å². The van der Waals surface area contributed by atoms with Crippen molar-refractivity contribution < 1.29 is 9.47 Å². The minimum atomic E-state index is 0.0797. The Bertz CT molecular complexity index is 288. The Labute approximate surface area is 113 Å². The first-order valence-corrected chi connectivity index (χ1v) is 7.89. The van der Waals surface area contributed by atoms with Crippen molar-refractivity contribution in [3.63, 3.8) is 0 Å². The Balaban J connectivity index is 1.71. The van der Waals surface area contributed by atoms with Crippen LogP contribution < -0.4 is 0 Å². The molecule has 2 aliphatic heterocycles. The van der Waals surface area contributed by atoms with E-state index in [1.807, 2.05) is 0 Å². The third-order valence-corrected chi connectivity index (χ3v) is 6.04. The SMILES string of the molecule is CC1(C2CCOC3(CCOC3)C2)CCC(Br)C1. The highest BCUT2D eigenvalue weighted by Gasteiger charge is 2.48. The summed E-state index contributed by atoms with van der Waals surface area (Å²) in [6, 6.07) is 0. The van der Waals surface area contributed by atoms with Crippen LogP contribution in [0.4, 0.5) is 0 Å². The van der Waals surface area contributed by atoms with Gasteiger partial charge >= 0.3 is 0 Å². The molecule has 1 saturated carbocycles. The van der Waals surface area contributed by atoms with Crippen molar-refractivity contribution in [1.29, 1.82) is 0 Å². The first kappa shape index (κ1) is 12.4. The normalized spacial score (nSPS) is 51.2. The van der Waals surface area contributed by atoms with Crippen molar-refractivity contribution in [3.8, 4) is 0 Å². The minimum Gasteiger partial charge on any atom is -0.378 e. The van der Waals surface area contributed by atoms with Crippen LogP contribution >= 0.6 is 15.9 Å². The van der Waals surface area contributed by atoms with Gasteiger partial charge in [0.2, 0.25) is 0 Å². The van der Waals surface area contributed by atoms with Gasteiger partial charge in [-0.15, -0.1) is 0 Å². The van der Waals surface area contributed by atoms with E-state index in [-0.39, 0.29) is 5.60 Å². The summed E-state index contributed by atoms with van der Waals surface area (Å²) in [6.45, 7) is 5.16. The van der Waals surface area contributed by atoms with Crippen molar-refractivity contribution in [1.82, 2.24) is 0 Å². The molecule has 4 atom stereocenters. The van der Waals surface area contributed by atoms with Gasteiger partial charge in [0, 0.05) is 24.5 Å². The Hall–Kier alpha value is 0.400. The zero-order valence-corrected chi connectivity index (χ0v) is 12.3. The number of hydrogen-bond acceptors (Lipinski definition) is 2. The van der Waals surface area contributed by atoms with E-state index in [4.69, 9.17) is 9.47 Å². The highest BCUT2D eigenvalue weighted by molar-refractivity contribution is 9.09. The molecule has 2 nitrogen and oxygen atoms in total. The maximum absolute atomic E-state index is 6.05. The van der Waals surface area contributed by atoms with Gasteiger partial charge in [0.25, 0.3) is 0 Å². The van der Waals surface area contributed by atoms with Crippen LogP contribution in [0.25, 0.3) is 0 Å². The lowest BCUT2D eigenvalue weighted by molar-refractivity contribution is -0.117. The molecular formula is C14H23BrO2. The second-order valence-corrected chi connectivity index (χ2v) is 7.81. The lowest BCUT2D eigenvalue weighted by Crippen LogP contribution is -2.44. The lowest BCUT2D eigenvalue weighted by atomic mass is 9.68. The molecule has 3 rings (SSSR count). The number of alkyl halides is 1. The zero-order chi connectivity index (χ0) is 11.9. The van der Waals surface area contributed by atoms with Crippen LogP contribution in [-0.2, 0) is 9.47 Å². The maximum Gasteiger partial charge on any atom is 0.0939 e. The summed E-state index contributed by atoms with van der Waals surface area (Å²) in [5.41, 5.74) is 0.615. The van der Waals surface area contributed by atoms with E-state index in [1.165, 1.54) is 32.1 Å². The number of hydrogen-bond donors (Lipinski definition) is 0. The number of halogens is 1. The predicted octanol–water partition coefficient (Wildman–Crippen LogP) is 3.53. The standard InChI is InChI=1S/C14H23BrO2/c1-13(4-2-12(15)9-13)11-3-6-17-14(8-11)5-7-16-10-14/h11-12H,2-10H2,1H3. The maximum atomic E-state index is 6.05. The molecule has 0 bridgehead atoms. The third-order valence-electron chi connectivity index (χ3n) is 5.26. The van der Waals surface area contributed by atoms with Gasteiger partial charge in [-0.1, -0.05) is 22.9 Å². The van der Waals surface area contributed by atoms with Gasteiger partial charge in [-0.2, -0.15) is 0 Å². The molecule has 2 heterocycles. The van der Waals surface area contributed by atoms with Crippen LogP contribution in [0.1, 0.15) is 45.4 Å². The Morgan fingerprint density at radius 2 is 2.00 bits per heavy atom. The Morgan fingerprint density at radius 3 is 2.65 bits per heavy atom. The van der Waals surface area contributed by atoms with Crippen molar-refractivity contribution in [3.05, 3.63) is 0 Å². The van der Waals surface area contributed by atoms with E-state index in [9.17, 15) is 0 Å². The lowest BCUT2D eigenvalue weighted by Gasteiger charge is -2.44. The summed E-state index contributed by atoms with van der Waals surface area (Å²) in [4.78, 5) is 0.742. The fourth-order valence-electron chi connectivity index (χ4n) is 4.05. The molecule has 98 valence electrons. The van der Waals surface area contributed by atoms with Crippen LogP contribution in [-0.4, -0.2) is 30.2 Å². The molecule has 0 amide bonds.